The molecular formula is C6H9N3O2S2. The molecule has 2 heterocycles. The maximum Gasteiger partial charge on any atom is 0.238 e. The van der Waals surface area contributed by atoms with E-state index in [-0.39, 0.29) is 5.25 Å². The molecule has 0 unspecified atom stereocenters. The Morgan fingerprint density at radius 1 is 1.62 bits per heavy atom. The number of aromatic nitrogens is 1. The number of sulfonamides is 1. The highest BCUT2D eigenvalue weighted by molar-refractivity contribution is 7.93. The molecule has 0 saturated carbocycles. The Kier molecular flexibility index (Phi) is 2.22. The summed E-state index contributed by atoms with van der Waals surface area (Å²) < 4.78 is 29.3. The van der Waals surface area contributed by atoms with Crippen molar-refractivity contribution in [2.75, 3.05) is 17.8 Å². The van der Waals surface area contributed by atoms with Crippen LogP contribution in [0.5, 0.6) is 0 Å². The first-order valence-corrected chi connectivity index (χ1v) is 6.18. The number of nitrogens with zero attached hydrogens (tertiary/aromatic N) is 1. The molecule has 1 aromatic heterocycles. The van der Waals surface area contributed by atoms with Crippen LogP contribution < -0.4 is 10.0 Å². The van der Waals surface area contributed by atoms with Crippen LogP contribution in [-0.4, -0.2) is 31.1 Å². The molecule has 13 heavy (non-hydrogen) atoms. The SMILES string of the molecule is O=S(=O)(Nc1cnsc1)C1CNC1. The van der Waals surface area contributed by atoms with Gasteiger partial charge in [0.2, 0.25) is 10.0 Å². The fourth-order valence-electron chi connectivity index (χ4n) is 0.984. The maximum absolute atomic E-state index is 11.5. The molecule has 1 saturated heterocycles. The van der Waals surface area contributed by atoms with Crippen molar-refractivity contribution in [2.45, 2.75) is 5.25 Å². The van der Waals surface area contributed by atoms with E-state index in [4.69, 9.17) is 0 Å². The molecule has 5 nitrogen and oxygen atoms in total. The molecule has 0 spiro atoms. The average Bonchev–Trinajstić information content (AvgIpc) is 2.32. The largest absolute Gasteiger partial charge is 0.314 e. The van der Waals surface area contributed by atoms with Crippen molar-refractivity contribution in [1.29, 1.82) is 0 Å². The highest BCUT2D eigenvalue weighted by Crippen LogP contribution is 2.14. The molecule has 2 N–H and O–H groups in total. The molecule has 72 valence electrons. The summed E-state index contributed by atoms with van der Waals surface area (Å²) in [5, 5.41) is 4.29. The molecule has 1 aromatic rings. The third-order valence-electron chi connectivity index (χ3n) is 1.88. The Bertz CT molecular complexity index is 369. The van der Waals surface area contributed by atoms with Gasteiger partial charge in [-0.2, -0.15) is 4.37 Å². The number of hydrogen-bond donors (Lipinski definition) is 2. The highest BCUT2D eigenvalue weighted by Gasteiger charge is 2.30. The van der Waals surface area contributed by atoms with E-state index in [0.717, 1.165) is 0 Å². The summed E-state index contributed by atoms with van der Waals surface area (Å²) in [5.41, 5.74) is 0.553. The van der Waals surface area contributed by atoms with E-state index in [1.807, 2.05) is 0 Å². The summed E-state index contributed by atoms with van der Waals surface area (Å²) in [6.45, 7) is 1.07. The van der Waals surface area contributed by atoms with Gasteiger partial charge in [0.25, 0.3) is 0 Å². The molecule has 0 amide bonds. The number of hydrogen-bond acceptors (Lipinski definition) is 5. The fourth-order valence-corrected chi connectivity index (χ4v) is 2.81. The number of nitrogens with one attached hydrogen (secondary N) is 2. The standard InChI is InChI=1S/C6H9N3O2S2/c10-13(11,6-2-7-3-6)9-5-1-8-12-4-5/h1,4,6-7,9H,2-3H2. The first-order valence-electron chi connectivity index (χ1n) is 3.80. The Morgan fingerprint density at radius 3 is 2.85 bits per heavy atom. The minimum Gasteiger partial charge on any atom is -0.314 e. The Morgan fingerprint density at radius 2 is 2.38 bits per heavy atom. The summed E-state index contributed by atoms with van der Waals surface area (Å²) in [7, 11) is -3.19. The molecule has 0 radical (unpaired) electrons. The molecule has 0 aromatic carbocycles. The van der Waals surface area contributed by atoms with Crippen LogP contribution >= 0.6 is 11.5 Å². The van der Waals surface area contributed by atoms with Crippen molar-refractivity contribution >= 4 is 27.2 Å². The van der Waals surface area contributed by atoms with Crippen LogP contribution in [-0.2, 0) is 10.0 Å². The van der Waals surface area contributed by atoms with Crippen LogP contribution in [0.3, 0.4) is 0 Å². The molecular weight excluding hydrogens is 210 g/mol. The van der Waals surface area contributed by atoms with E-state index in [9.17, 15) is 8.42 Å². The van der Waals surface area contributed by atoms with Crippen LogP contribution in [0.1, 0.15) is 0 Å². The van der Waals surface area contributed by atoms with Gasteiger partial charge in [0.1, 0.15) is 5.25 Å². The van der Waals surface area contributed by atoms with Crippen LogP contribution in [0, 0.1) is 0 Å². The van der Waals surface area contributed by atoms with Crippen molar-refractivity contribution in [1.82, 2.24) is 9.69 Å². The van der Waals surface area contributed by atoms with Gasteiger partial charge in [-0.1, -0.05) is 0 Å². The highest BCUT2D eigenvalue weighted by atomic mass is 32.2. The van der Waals surface area contributed by atoms with E-state index in [0.29, 0.717) is 18.8 Å². The van der Waals surface area contributed by atoms with E-state index in [1.54, 1.807) is 5.38 Å². The van der Waals surface area contributed by atoms with Gasteiger partial charge in [-0.3, -0.25) is 4.72 Å². The van der Waals surface area contributed by atoms with Gasteiger partial charge in [0, 0.05) is 18.5 Å². The van der Waals surface area contributed by atoms with E-state index in [2.05, 4.69) is 14.4 Å². The predicted octanol–water partition coefficient (Wildman–Crippen LogP) is -0.143. The summed E-state index contributed by atoms with van der Waals surface area (Å²) in [6, 6.07) is 0. The van der Waals surface area contributed by atoms with Gasteiger partial charge < -0.3 is 5.32 Å². The molecule has 0 aliphatic carbocycles. The zero-order valence-corrected chi connectivity index (χ0v) is 8.36. The van der Waals surface area contributed by atoms with Gasteiger partial charge in [0.15, 0.2) is 0 Å². The average molecular weight is 219 g/mol. The quantitative estimate of drug-likeness (QED) is 0.742. The van der Waals surface area contributed by atoms with Gasteiger partial charge in [0.05, 0.1) is 11.9 Å². The lowest BCUT2D eigenvalue weighted by atomic mass is 10.3. The molecule has 1 aliphatic heterocycles. The lowest BCUT2D eigenvalue weighted by Crippen LogP contribution is -2.53. The molecule has 0 atom stereocenters. The minimum absolute atomic E-state index is 0.299. The van der Waals surface area contributed by atoms with Crippen molar-refractivity contribution < 1.29 is 8.42 Å². The lowest BCUT2D eigenvalue weighted by Gasteiger charge is -2.26. The molecule has 7 heteroatoms. The zero-order valence-electron chi connectivity index (χ0n) is 6.73. The number of rotatable bonds is 3. The second-order valence-electron chi connectivity index (χ2n) is 2.84. The van der Waals surface area contributed by atoms with E-state index < -0.39 is 10.0 Å². The van der Waals surface area contributed by atoms with Crippen LogP contribution in [0.25, 0.3) is 0 Å². The topological polar surface area (TPSA) is 71.1 Å². The number of anilines is 1. The second kappa shape index (κ2) is 3.24. The summed E-state index contributed by atoms with van der Waals surface area (Å²) in [5.74, 6) is 0. The molecule has 0 bridgehead atoms. The van der Waals surface area contributed by atoms with E-state index in [1.165, 1.54) is 17.7 Å². The smallest absolute Gasteiger partial charge is 0.238 e. The molecule has 1 fully saturated rings. The molecule has 1 aliphatic rings. The Hall–Kier alpha value is -0.660. The third-order valence-corrected chi connectivity index (χ3v) is 4.19. The van der Waals surface area contributed by atoms with Gasteiger partial charge in [-0.05, 0) is 11.5 Å². The maximum atomic E-state index is 11.5. The summed E-state index contributed by atoms with van der Waals surface area (Å²) in [6.07, 6.45) is 1.51. The second-order valence-corrected chi connectivity index (χ2v) is 5.46. The lowest BCUT2D eigenvalue weighted by molar-refractivity contribution is 0.498. The Balaban J connectivity index is 2.08. The van der Waals surface area contributed by atoms with Crippen molar-refractivity contribution in [3.8, 4) is 0 Å². The summed E-state index contributed by atoms with van der Waals surface area (Å²) in [4.78, 5) is 0. The van der Waals surface area contributed by atoms with Crippen molar-refractivity contribution in [3.05, 3.63) is 11.6 Å². The van der Waals surface area contributed by atoms with Gasteiger partial charge >= 0.3 is 0 Å². The van der Waals surface area contributed by atoms with Gasteiger partial charge in [-0.25, -0.2) is 8.42 Å². The molecule has 2 rings (SSSR count). The van der Waals surface area contributed by atoms with Crippen LogP contribution in [0.2, 0.25) is 0 Å². The minimum atomic E-state index is -3.19. The normalized spacial score (nSPS) is 18.2. The first-order chi connectivity index (χ1) is 6.18. The Labute approximate surface area is 80.4 Å². The fraction of sp³-hybridized carbons (Fsp3) is 0.500. The van der Waals surface area contributed by atoms with E-state index >= 15 is 0 Å². The zero-order chi connectivity index (χ0) is 9.31. The predicted molar refractivity (Wildman–Crippen MR) is 51.3 cm³/mol. The van der Waals surface area contributed by atoms with Crippen molar-refractivity contribution in [3.63, 3.8) is 0 Å². The first kappa shape index (κ1) is 8.92. The summed E-state index contributed by atoms with van der Waals surface area (Å²) >= 11 is 1.23. The third kappa shape index (κ3) is 1.82. The van der Waals surface area contributed by atoms with Crippen LogP contribution in [0.15, 0.2) is 11.6 Å². The van der Waals surface area contributed by atoms with Gasteiger partial charge in [-0.15, -0.1) is 0 Å². The monoisotopic (exact) mass is 219 g/mol. The van der Waals surface area contributed by atoms with Crippen molar-refractivity contribution in [2.24, 2.45) is 0 Å². The van der Waals surface area contributed by atoms with Crippen LogP contribution in [0.4, 0.5) is 5.69 Å².